The molecule has 0 heterocycles. The third kappa shape index (κ3) is 3.19. The summed E-state index contributed by atoms with van der Waals surface area (Å²) in [5.74, 6) is -0.280. The Morgan fingerprint density at radius 2 is 1.64 bits per heavy atom. The van der Waals surface area contributed by atoms with Crippen molar-refractivity contribution in [1.82, 2.24) is 5.32 Å². The second-order valence-electron chi connectivity index (χ2n) is 6.01. The molecule has 0 spiro atoms. The Labute approximate surface area is 130 Å². The molecule has 3 rings (SSSR count). The Morgan fingerprint density at radius 1 is 1.00 bits per heavy atom. The molecular formula is C19H20FNO. The number of amides is 1. The molecule has 2 nitrogen and oxygen atoms in total. The van der Waals surface area contributed by atoms with Gasteiger partial charge in [-0.3, -0.25) is 4.79 Å². The van der Waals surface area contributed by atoms with Crippen LogP contribution in [0, 0.1) is 5.82 Å². The highest BCUT2D eigenvalue weighted by Gasteiger charge is 2.36. The molecule has 0 radical (unpaired) electrons. The van der Waals surface area contributed by atoms with Gasteiger partial charge in [-0.15, -0.1) is 0 Å². The number of halogens is 1. The zero-order valence-electron chi connectivity index (χ0n) is 12.5. The second-order valence-corrected chi connectivity index (χ2v) is 6.01. The zero-order valence-corrected chi connectivity index (χ0v) is 12.5. The third-order valence-corrected chi connectivity index (χ3v) is 4.44. The van der Waals surface area contributed by atoms with E-state index in [-0.39, 0.29) is 23.7 Å². The molecule has 2 aromatic rings. The van der Waals surface area contributed by atoms with Gasteiger partial charge in [0.1, 0.15) is 5.82 Å². The fraction of sp³-hybridized carbons (Fsp3) is 0.316. The Bertz CT molecular complexity index is 630. The summed E-state index contributed by atoms with van der Waals surface area (Å²) in [5.41, 5.74) is 1.78. The number of carbonyl (C=O) groups excluding carboxylic acids is 1. The van der Waals surface area contributed by atoms with Crippen LogP contribution in [0.3, 0.4) is 0 Å². The predicted octanol–water partition coefficient (Wildman–Crippen LogP) is 3.95. The molecule has 0 atom stereocenters. The fourth-order valence-electron chi connectivity index (χ4n) is 3.32. The summed E-state index contributed by atoms with van der Waals surface area (Å²) in [6, 6.07) is 16.3. The fourth-order valence-corrected chi connectivity index (χ4v) is 3.32. The summed E-state index contributed by atoms with van der Waals surface area (Å²) in [7, 11) is 0. The predicted molar refractivity (Wildman–Crippen MR) is 84.8 cm³/mol. The minimum Gasteiger partial charge on any atom is -0.346 e. The molecule has 2 aromatic carbocycles. The maximum Gasteiger partial charge on any atom is 0.225 e. The topological polar surface area (TPSA) is 29.1 Å². The van der Waals surface area contributed by atoms with Crippen LogP contribution in [-0.2, 0) is 16.8 Å². The van der Waals surface area contributed by atoms with Crippen LogP contribution in [0.1, 0.15) is 36.8 Å². The summed E-state index contributed by atoms with van der Waals surface area (Å²) in [6.07, 6.45) is 4.50. The summed E-state index contributed by atoms with van der Waals surface area (Å²) < 4.78 is 12.9. The van der Waals surface area contributed by atoms with Gasteiger partial charge in [-0.1, -0.05) is 55.3 Å². The van der Waals surface area contributed by atoms with Crippen molar-refractivity contribution in [2.75, 3.05) is 0 Å². The molecule has 1 aliphatic carbocycles. The monoisotopic (exact) mass is 297 g/mol. The quantitative estimate of drug-likeness (QED) is 0.909. The van der Waals surface area contributed by atoms with Gasteiger partial charge in [0.05, 0.1) is 12.0 Å². The van der Waals surface area contributed by atoms with Gasteiger partial charge in [-0.25, -0.2) is 4.39 Å². The van der Waals surface area contributed by atoms with Crippen molar-refractivity contribution in [2.24, 2.45) is 0 Å². The molecule has 22 heavy (non-hydrogen) atoms. The van der Waals surface area contributed by atoms with E-state index >= 15 is 0 Å². The highest BCUT2D eigenvalue weighted by Crippen LogP contribution is 2.38. The lowest BCUT2D eigenvalue weighted by molar-refractivity contribution is -0.122. The van der Waals surface area contributed by atoms with Gasteiger partial charge >= 0.3 is 0 Å². The van der Waals surface area contributed by atoms with Gasteiger partial charge in [-0.05, 0) is 36.1 Å². The maximum atomic E-state index is 12.9. The van der Waals surface area contributed by atoms with Crippen molar-refractivity contribution >= 4 is 5.91 Å². The van der Waals surface area contributed by atoms with E-state index in [9.17, 15) is 9.18 Å². The standard InChI is InChI=1S/C19H20FNO/c20-17-10-8-15(9-11-17)14-18(22)21-19(12-4-5-13-19)16-6-2-1-3-7-16/h1-3,6-11H,4-5,12-14H2,(H,21,22). The van der Waals surface area contributed by atoms with E-state index in [0.29, 0.717) is 0 Å². The lowest BCUT2D eigenvalue weighted by Gasteiger charge is -2.31. The van der Waals surface area contributed by atoms with Crippen LogP contribution in [-0.4, -0.2) is 5.91 Å². The number of rotatable bonds is 4. The average Bonchev–Trinajstić information content (AvgIpc) is 3.00. The van der Waals surface area contributed by atoms with Crippen molar-refractivity contribution in [2.45, 2.75) is 37.6 Å². The summed E-state index contributed by atoms with van der Waals surface area (Å²) in [6.45, 7) is 0. The van der Waals surface area contributed by atoms with Gasteiger partial charge < -0.3 is 5.32 Å². The summed E-state index contributed by atoms with van der Waals surface area (Å²) >= 11 is 0. The van der Waals surface area contributed by atoms with E-state index in [1.54, 1.807) is 12.1 Å². The molecular weight excluding hydrogens is 277 g/mol. The van der Waals surface area contributed by atoms with Gasteiger partial charge in [0, 0.05) is 0 Å². The van der Waals surface area contributed by atoms with Crippen LogP contribution >= 0.6 is 0 Å². The van der Waals surface area contributed by atoms with Crippen LogP contribution < -0.4 is 5.32 Å². The first-order valence-corrected chi connectivity index (χ1v) is 7.79. The Hall–Kier alpha value is -2.16. The first-order valence-electron chi connectivity index (χ1n) is 7.79. The third-order valence-electron chi connectivity index (χ3n) is 4.44. The molecule has 3 heteroatoms. The molecule has 1 amide bonds. The smallest absolute Gasteiger partial charge is 0.225 e. The van der Waals surface area contributed by atoms with Gasteiger partial charge in [0.2, 0.25) is 5.91 Å². The van der Waals surface area contributed by atoms with Crippen molar-refractivity contribution in [3.63, 3.8) is 0 Å². The molecule has 1 saturated carbocycles. The molecule has 0 aromatic heterocycles. The van der Waals surface area contributed by atoms with E-state index in [2.05, 4.69) is 17.4 Å². The number of carbonyl (C=O) groups is 1. The van der Waals surface area contributed by atoms with Crippen molar-refractivity contribution < 1.29 is 9.18 Å². The molecule has 0 saturated heterocycles. The first-order chi connectivity index (χ1) is 10.7. The van der Waals surface area contributed by atoms with Crippen LogP contribution in [0.4, 0.5) is 4.39 Å². The molecule has 0 bridgehead atoms. The van der Waals surface area contributed by atoms with Crippen LogP contribution in [0.15, 0.2) is 54.6 Å². The number of hydrogen-bond donors (Lipinski definition) is 1. The highest BCUT2D eigenvalue weighted by atomic mass is 19.1. The number of benzene rings is 2. The number of hydrogen-bond acceptors (Lipinski definition) is 1. The van der Waals surface area contributed by atoms with Gasteiger partial charge in [0.15, 0.2) is 0 Å². The SMILES string of the molecule is O=C(Cc1ccc(F)cc1)NC1(c2ccccc2)CCCC1. The minimum atomic E-state index is -0.277. The van der Waals surface area contributed by atoms with E-state index in [0.717, 1.165) is 31.2 Å². The van der Waals surface area contributed by atoms with Crippen LogP contribution in [0.2, 0.25) is 0 Å². The molecule has 0 aliphatic heterocycles. The zero-order chi connectivity index (χ0) is 15.4. The molecule has 1 N–H and O–H groups in total. The average molecular weight is 297 g/mol. The lowest BCUT2D eigenvalue weighted by Crippen LogP contribution is -2.44. The normalized spacial score (nSPS) is 16.4. The van der Waals surface area contributed by atoms with E-state index in [1.165, 1.54) is 17.7 Å². The second kappa shape index (κ2) is 6.30. The number of nitrogens with one attached hydrogen (secondary N) is 1. The maximum absolute atomic E-state index is 12.9. The lowest BCUT2D eigenvalue weighted by atomic mass is 9.88. The molecule has 1 fully saturated rings. The van der Waals surface area contributed by atoms with Gasteiger partial charge in [-0.2, -0.15) is 0 Å². The Balaban J connectivity index is 1.74. The molecule has 0 unspecified atom stereocenters. The van der Waals surface area contributed by atoms with E-state index < -0.39 is 0 Å². The molecule has 1 aliphatic rings. The molecule has 114 valence electrons. The highest BCUT2D eigenvalue weighted by molar-refractivity contribution is 5.79. The first kappa shape index (κ1) is 14.8. The van der Waals surface area contributed by atoms with Crippen LogP contribution in [0.25, 0.3) is 0 Å². The van der Waals surface area contributed by atoms with Crippen LogP contribution in [0.5, 0.6) is 0 Å². The minimum absolute atomic E-state index is 0.00244. The largest absolute Gasteiger partial charge is 0.346 e. The Morgan fingerprint density at radius 3 is 2.27 bits per heavy atom. The van der Waals surface area contributed by atoms with Crippen molar-refractivity contribution in [3.8, 4) is 0 Å². The van der Waals surface area contributed by atoms with Crippen molar-refractivity contribution in [1.29, 1.82) is 0 Å². The van der Waals surface area contributed by atoms with E-state index in [1.807, 2.05) is 18.2 Å². The summed E-state index contributed by atoms with van der Waals surface area (Å²) in [4.78, 5) is 12.4. The Kier molecular flexibility index (Phi) is 4.23. The van der Waals surface area contributed by atoms with Gasteiger partial charge in [0.25, 0.3) is 0 Å². The van der Waals surface area contributed by atoms with E-state index in [4.69, 9.17) is 0 Å². The van der Waals surface area contributed by atoms with Crippen molar-refractivity contribution in [3.05, 3.63) is 71.5 Å². The summed E-state index contributed by atoms with van der Waals surface area (Å²) in [5, 5.41) is 3.24.